The zero-order chi connectivity index (χ0) is 22.1. The average molecular weight is 433 g/mol. The zero-order valence-corrected chi connectivity index (χ0v) is 18.5. The molecule has 3 aromatic heterocycles. The van der Waals surface area contributed by atoms with E-state index >= 15 is 0 Å². The van der Waals surface area contributed by atoms with Gasteiger partial charge in [-0.05, 0) is 56.4 Å². The van der Waals surface area contributed by atoms with E-state index in [-0.39, 0.29) is 12.1 Å². The second-order valence-corrected chi connectivity index (χ2v) is 8.80. The number of hydrogen-bond donors (Lipinski definition) is 1. The molecule has 0 spiro atoms. The molecule has 2 fully saturated rings. The molecule has 2 aliphatic rings. The van der Waals surface area contributed by atoms with Crippen molar-refractivity contribution in [2.45, 2.75) is 50.2 Å². The quantitative estimate of drug-likeness (QED) is 0.672. The van der Waals surface area contributed by atoms with Gasteiger partial charge in [0, 0.05) is 31.4 Å². The molecule has 8 nitrogen and oxygen atoms in total. The van der Waals surface area contributed by atoms with E-state index in [2.05, 4.69) is 39.1 Å². The monoisotopic (exact) mass is 432 g/mol. The van der Waals surface area contributed by atoms with Gasteiger partial charge in [-0.15, -0.1) is 0 Å². The van der Waals surface area contributed by atoms with Gasteiger partial charge in [0.15, 0.2) is 0 Å². The Bertz CT molecular complexity index is 1130. The molecule has 166 valence electrons. The number of hydrogen-bond acceptors (Lipinski definition) is 7. The van der Waals surface area contributed by atoms with E-state index in [1.165, 1.54) is 0 Å². The minimum Gasteiger partial charge on any atom is -0.381 e. The zero-order valence-electron chi connectivity index (χ0n) is 18.5. The lowest BCUT2D eigenvalue weighted by molar-refractivity contribution is 0.0575. The average Bonchev–Trinajstić information content (AvgIpc) is 3.38. The summed E-state index contributed by atoms with van der Waals surface area (Å²) in [5.41, 5.74) is 2.83. The summed E-state index contributed by atoms with van der Waals surface area (Å²) in [7, 11) is 1.76. The first-order valence-corrected chi connectivity index (χ1v) is 11.2. The second kappa shape index (κ2) is 8.49. The molecule has 32 heavy (non-hydrogen) atoms. The molecule has 0 unspecified atom stereocenters. The normalized spacial score (nSPS) is 26.2. The molecule has 0 bridgehead atoms. The minimum absolute atomic E-state index is 0.205. The van der Waals surface area contributed by atoms with E-state index < -0.39 is 5.41 Å². The van der Waals surface area contributed by atoms with Crippen molar-refractivity contribution in [3.63, 3.8) is 0 Å². The van der Waals surface area contributed by atoms with Crippen molar-refractivity contribution in [3.8, 4) is 17.5 Å². The molecule has 1 atom stereocenters. The Balaban J connectivity index is 1.72. The Labute approximate surface area is 187 Å². The van der Waals surface area contributed by atoms with Crippen LogP contribution >= 0.6 is 0 Å². The molecule has 1 saturated heterocycles. The largest absolute Gasteiger partial charge is 0.381 e. The van der Waals surface area contributed by atoms with Gasteiger partial charge in [-0.1, -0.05) is 0 Å². The van der Waals surface area contributed by atoms with Gasteiger partial charge in [0.1, 0.15) is 17.0 Å². The Kier molecular flexibility index (Phi) is 5.53. The number of aromatic amines is 1. The smallest absolute Gasteiger partial charge is 0.130 e. The van der Waals surface area contributed by atoms with E-state index in [1.807, 2.05) is 12.1 Å². The topological polar surface area (TPSA) is 100.0 Å². The van der Waals surface area contributed by atoms with Gasteiger partial charge < -0.3 is 14.4 Å². The summed E-state index contributed by atoms with van der Waals surface area (Å²) in [6.45, 7) is 4.24. The van der Waals surface area contributed by atoms with Crippen LogP contribution in [0.3, 0.4) is 0 Å². The maximum absolute atomic E-state index is 10.4. The van der Waals surface area contributed by atoms with Crippen LogP contribution in [0.5, 0.6) is 0 Å². The molecule has 8 heteroatoms. The summed E-state index contributed by atoms with van der Waals surface area (Å²) in [4.78, 5) is 12.0. The highest BCUT2D eigenvalue weighted by Gasteiger charge is 2.39. The van der Waals surface area contributed by atoms with Crippen LogP contribution in [-0.2, 0) is 14.9 Å². The molecule has 1 aliphatic carbocycles. The van der Waals surface area contributed by atoms with Gasteiger partial charge in [-0.3, -0.25) is 10.1 Å². The highest BCUT2D eigenvalue weighted by atomic mass is 16.5. The van der Waals surface area contributed by atoms with Crippen molar-refractivity contribution in [3.05, 3.63) is 36.2 Å². The van der Waals surface area contributed by atoms with Crippen LogP contribution in [0.25, 0.3) is 22.3 Å². The molecule has 1 aliphatic heterocycles. The lowest BCUT2D eigenvalue weighted by Crippen LogP contribution is -2.44. The number of nitriles is 1. The minimum atomic E-state index is -0.576. The van der Waals surface area contributed by atoms with Gasteiger partial charge >= 0.3 is 0 Å². The van der Waals surface area contributed by atoms with Gasteiger partial charge in [-0.25, -0.2) is 4.98 Å². The first-order chi connectivity index (χ1) is 15.6. The van der Waals surface area contributed by atoms with E-state index in [4.69, 9.17) is 14.5 Å². The maximum Gasteiger partial charge on any atom is 0.130 e. The van der Waals surface area contributed by atoms with Crippen LogP contribution in [0.2, 0.25) is 0 Å². The maximum atomic E-state index is 10.4. The number of ether oxygens (including phenoxy) is 2. The van der Waals surface area contributed by atoms with Crippen molar-refractivity contribution >= 4 is 16.7 Å². The number of rotatable bonds is 4. The van der Waals surface area contributed by atoms with Crippen molar-refractivity contribution in [1.82, 2.24) is 20.2 Å². The number of nitrogens with one attached hydrogen (secondary N) is 1. The molecule has 3 aromatic rings. The van der Waals surface area contributed by atoms with Crippen LogP contribution in [-0.4, -0.2) is 59.2 Å². The predicted molar refractivity (Wildman–Crippen MR) is 121 cm³/mol. The molecule has 0 aromatic carbocycles. The van der Waals surface area contributed by atoms with E-state index in [0.29, 0.717) is 13.2 Å². The van der Waals surface area contributed by atoms with Gasteiger partial charge in [0.05, 0.1) is 42.5 Å². The Morgan fingerprint density at radius 3 is 2.81 bits per heavy atom. The van der Waals surface area contributed by atoms with Gasteiger partial charge in [0.25, 0.3) is 0 Å². The SMILES string of the molecule is COC1CCC(C#N)(c2cc(N3CCOC[C@H]3C)nc3c(-c4ccn[nH]4)nccc23)CC1. The Morgan fingerprint density at radius 2 is 2.12 bits per heavy atom. The molecule has 0 amide bonds. The van der Waals surface area contributed by atoms with Crippen molar-refractivity contribution in [1.29, 1.82) is 5.26 Å². The standard InChI is InChI=1S/C24H28N6O2/c1-16-14-32-12-11-30(16)21-13-19(24(15-25)7-3-17(31-2)4-8-24)18-5-9-26-23(22(18)28-21)20-6-10-27-29-20/h5-6,9-10,13,16-17H,3-4,7-8,11-12,14H2,1-2H3,(H,27,29)/t16-,17?,24?/m1/s1. The highest BCUT2D eigenvalue weighted by Crippen LogP contribution is 2.44. The van der Waals surface area contributed by atoms with E-state index in [0.717, 1.165) is 65.9 Å². The Morgan fingerprint density at radius 1 is 1.28 bits per heavy atom. The van der Waals surface area contributed by atoms with Crippen LogP contribution in [0.4, 0.5) is 5.82 Å². The fourth-order valence-corrected chi connectivity index (χ4v) is 5.09. The molecule has 1 N–H and O–H groups in total. The number of aromatic nitrogens is 4. The Hall–Kier alpha value is -3.02. The van der Waals surface area contributed by atoms with E-state index in [9.17, 15) is 5.26 Å². The third-order valence-electron chi connectivity index (χ3n) is 6.98. The van der Waals surface area contributed by atoms with Crippen LogP contribution in [0.1, 0.15) is 38.2 Å². The summed E-state index contributed by atoms with van der Waals surface area (Å²) < 4.78 is 11.2. The summed E-state index contributed by atoms with van der Waals surface area (Å²) in [6, 6.07) is 8.93. The molecule has 0 radical (unpaired) electrons. The number of nitrogens with zero attached hydrogens (tertiary/aromatic N) is 5. The third kappa shape index (κ3) is 3.51. The summed E-state index contributed by atoms with van der Waals surface area (Å²) in [5, 5.41) is 18.5. The first-order valence-electron chi connectivity index (χ1n) is 11.2. The van der Waals surface area contributed by atoms with Crippen LogP contribution in [0, 0.1) is 11.3 Å². The fraction of sp³-hybridized carbons (Fsp3) is 0.500. The van der Waals surface area contributed by atoms with Crippen molar-refractivity contribution in [2.75, 3.05) is 31.8 Å². The summed E-state index contributed by atoms with van der Waals surface area (Å²) in [5.74, 6) is 0.876. The van der Waals surface area contributed by atoms with Gasteiger partial charge in [0.2, 0.25) is 0 Å². The first kappa shape index (κ1) is 20.9. The van der Waals surface area contributed by atoms with Gasteiger partial charge in [-0.2, -0.15) is 10.4 Å². The second-order valence-electron chi connectivity index (χ2n) is 8.80. The molecule has 5 rings (SSSR count). The highest BCUT2D eigenvalue weighted by molar-refractivity contribution is 5.94. The summed E-state index contributed by atoms with van der Waals surface area (Å²) in [6.07, 6.45) is 7.00. The third-order valence-corrected chi connectivity index (χ3v) is 6.98. The number of morpholine rings is 1. The summed E-state index contributed by atoms with van der Waals surface area (Å²) >= 11 is 0. The van der Waals surface area contributed by atoms with E-state index in [1.54, 1.807) is 19.5 Å². The molecule has 4 heterocycles. The lowest BCUT2D eigenvalue weighted by atomic mass is 9.69. The number of fused-ring (bicyclic) bond motifs is 1. The van der Waals surface area contributed by atoms with Crippen LogP contribution < -0.4 is 4.90 Å². The lowest BCUT2D eigenvalue weighted by Gasteiger charge is -2.38. The molecular weight excluding hydrogens is 404 g/mol. The number of pyridine rings is 2. The number of anilines is 1. The number of methoxy groups -OCH3 is 1. The van der Waals surface area contributed by atoms with Crippen molar-refractivity contribution in [2.24, 2.45) is 0 Å². The van der Waals surface area contributed by atoms with Crippen molar-refractivity contribution < 1.29 is 9.47 Å². The molecular formula is C24H28N6O2. The number of H-pyrrole nitrogens is 1. The predicted octanol–water partition coefficient (Wildman–Crippen LogP) is 3.60. The molecule has 1 saturated carbocycles. The fourth-order valence-electron chi connectivity index (χ4n) is 5.09. The van der Waals surface area contributed by atoms with Crippen LogP contribution in [0.15, 0.2) is 30.6 Å².